The van der Waals surface area contributed by atoms with Crippen molar-refractivity contribution in [2.45, 2.75) is 71.0 Å². The first kappa shape index (κ1) is 20.9. The Balaban J connectivity index is 1.93. The third-order valence-corrected chi connectivity index (χ3v) is 6.14. The summed E-state index contributed by atoms with van der Waals surface area (Å²) in [5.74, 6) is 0.631. The van der Waals surface area contributed by atoms with E-state index in [1.807, 2.05) is 19.1 Å². The molecule has 2 nitrogen and oxygen atoms in total. The molecular weight excluding hydrogens is 320 g/mol. The largest absolute Gasteiger partial charge is 0.393 e. The van der Waals surface area contributed by atoms with Crippen LogP contribution in [0.15, 0.2) is 54.6 Å². The zero-order chi connectivity index (χ0) is 19.2. The Hall–Kier alpha value is -1.38. The number of hydrogen-bond acceptors (Lipinski definition) is 2. The van der Waals surface area contributed by atoms with Gasteiger partial charge in [0, 0.05) is 5.92 Å². The highest BCUT2D eigenvalue weighted by molar-refractivity contribution is 5.25. The van der Waals surface area contributed by atoms with E-state index in [0.717, 1.165) is 31.3 Å². The SMILES string of the molecule is C=C(/C=C\C)C(CC)CO[C@@H]1CC[C@@H](C(C)(C)c2ccccc2)[C@H](O)C1. The predicted molar refractivity (Wildman–Crippen MR) is 110 cm³/mol. The summed E-state index contributed by atoms with van der Waals surface area (Å²) < 4.78 is 6.19. The van der Waals surface area contributed by atoms with Crippen LogP contribution in [-0.4, -0.2) is 23.9 Å². The average Bonchev–Trinajstić information content (AvgIpc) is 2.63. The minimum Gasteiger partial charge on any atom is -0.393 e. The van der Waals surface area contributed by atoms with E-state index in [0.29, 0.717) is 12.5 Å². The van der Waals surface area contributed by atoms with Crippen LogP contribution in [0.1, 0.15) is 58.9 Å². The van der Waals surface area contributed by atoms with Crippen LogP contribution in [0.3, 0.4) is 0 Å². The Kier molecular flexibility index (Phi) is 7.67. The van der Waals surface area contributed by atoms with E-state index in [4.69, 9.17) is 4.74 Å². The molecule has 144 valence electrons. The summed E-state index contributed by atoms with van der Waals surface area (Å²) in [5, 5.41) is 10.8. The standard InChI is InChI=1S/C24H36O2/c1-6-11-18(3)19(7-2)17-26-21-14-15-22(23(25)16-21)24(4,5)20-12-9-8-10-13-20/h6,8-13,19,21-23,25H,3,7,14-17H2,1-2,4-5H3/b11-6-/t19?,21-,22-,23-/m1/s1. The number of hydrogen-bond donors (Lipinski definition) is 1. The topological polar surface area (TPSA) is 29.5 Å². The quantitative estimate of drug-likeness (QED) is 0.608. The zero-order valence-corrected chi connectivity index (χ0v) is 16.9. The average molecular weight is 357 g/mol. The Morgan fingerprint density at radius 3 is 2.58 bits per heavy atom. The molecular formula is C24H36O2. The Bertz CT molecular complexity index is 587. The summed E-state index contributed by atoms with van der Waals surface area (Å²) in [4.78, 5) is 0. The number of aliphatic hydroxyl groups is 1. The molecule has 1 N–H and O–H groups in total. The molecule has 0 aliphatic heterocycles. The molecule has 1 aliphatic rings. The molecule has 4 atom stereocenters. The van der Waals surface area contributed by atoms with Crippen LogP contribution in [-0.2, 0) is 10.2 Å². The van der Waals surface area contributed by atoms with Crippen LogP contribution in [0.25, 0.3) is 0 Å². The highest BCUT2D eigenvalue weighted by atomic mass is 16.5. The van der Waals surface area contributed by atoms with Gasteiger partial charge < -0.3 is 9.84 Å². The number of rotatable bonds is 8. The molecule has 0 heterocycles. The number of aliphatic hydroxyl groups excluding tert-OH is 1. The molecule has 1 aromatic rings. The van der Waals surface area contributed by atoms with Gasteiger partial charge in [0.25, 0.3) is 0 Å². The van der Waals surface area contributed by atoms with Gasteiger partial charge in [0.1, 0.15) is 0 Å². The lowest BCUT2D eigenvalue weighted by atomic mass is 9.66. The monoisotopic (exact) mass is 356 g/mol. The van der Waals surface area contributed by atoms with E-state index in [1.54, 1.807) is 0 Å². The van der Waals surface area contributed by atoms with Gasteiger partial charge in [-0.15, -0.1) is 0 Å². The van der Waals surface area contributed by atoms with Crippen molar-refractivity contribution in [2.75, 3.05) is 6.61 Å². The second-order valence-corrected chi connectivity index (χ2v) is 8.21. The summed E-state index contributed by atoms with van der Waals surface area (Å²) in [5.41, 5.74) is 2.41. The van der Waals surface area contributed by atoms with Gasteiger partial charge >= 0.3 is 0 Å². The van der Waals surface area contributed by atoms with Crippen molar-refractivity contribution >= 4 is 0 Å². The maximum absolute atomic E-state index is 10.8. The second kappa shape index (κ2) is 9.53. The minimum atomic E-state index is -0.317. The summed E-state index contributed by atoms with van der Waals surface area (Å²) in [7, 11) is 0. The van der Waals surface area contributed by atoms with Gasteiger partial charge in [-0.3, -0.25) is 0 Å². The molecule has 1 aromatic carbocycles. The summed E-state index contributed by atoms with van der Waals surface area (Å²) in [6.07, 6.45) is 7.72. The van der Waals surface area contributed by atoms with Gasteiger partial charge in [-0.2, -0.15) is 0 Å². The number of benzene rings is 1. The van der Waals surface area contributed by atoms with E-state index >= 15 is 0 Å². The van der Waals surface area contributed by atoms with Crippen molar-refractivity contribution in [3.63, 3.8) is 0 Å². The van der Waals surface area contributed by atoms with E-state index in [-0.39, 0.29) is 23.5 Å². The Morgan fingerprint density at radius 2 is 2.00 bits per heavy atom. The molecule has 0 saturated heterocycles. The summed E-state index contributed by atoms with van der Waals surface area (Å²) in [6.45, 7) is 13.6. The summed E-state index contributed by atoms with van der Waals surface area (Å²) in [6, 6.07) is 10.6. The van der Waals surface area contributed by atoms with E-state index in [2.05, 4.69) is 57.7 Å². The fourth-order valence-corrected chi connectivity index (χ4v) is 4.27. The van der Waals surface area contributed by atoms with E-state index in [1.165, 1.54) is 5.56 Å². The molecule has 0 amide bonds. The van der Waals surface area contributed by atoms with Crippen LogP contribution < -0.4 is 0 Å². The molecule has 26 heavy (non-hydrogen) atoms. The van der Waals surface area contributed by atoms with Gasteiger partial charge in [-0.25, -0.2) is 0 Å². The maximum atomic E-state index is 10.8. The molecule has 1 fully saturated rings. The van der Waals surface area contributed by atoms with Crippen LogP contribution >= 0.6 is 0 Å². The third-order valence-electron chi connectivity index (χ3n) is 6.14. The smallest absolute Gasteiger partial charge is 0.0601 e. The van der Waals surface area contributed by atoms with Gasteiger partial charge in [0.15, 0.2) is 0 Å². The minimum absolute atomic E-state index is 0.0300. The molecule has 0 spiro atoms. The van der Waals surface area contributed by atoms with Gasteiger partial charge in [-0.05, 0) is 49.5 Å². The third kappa shape index (κ3) is 5.08. The number of ether oxygens (including phenoxy) is 1. The van der Waals surface area contributed by atoms with Crippen LogP contribution in [0.4, 0.5) is 0 Å². The van der Waals surface area contributed by atoms with E-state index < -0.39 is 0 Å². The van der Waals surface area contributed by atoms with Crippen molar-refractivity contribution in [1.29, 1.82) is 0 Å². The molecule has 2 rings (SSSR count). The molecule has 1 aliphatic carbocycles. The first-order chi connectivity index (χ1) is 12.4. The first-order valence-corrected chi connectivity index (χ1v) is 10.1. The molecule has 1 saturated carbocycles. The van der Waals surface area contributed by atoms with Crippen molar-refractivity contribution in [2.24, 2.45) is 11.8 Å². The van der Waals surface area contributed by atoms with Crippen LogP contribution in [0.2, 0.25) is 0 Å². The van der Waals surface area contributed by atoms with Gasteiger partial charge in [0.05, 0.1) is 18.8 Å². The maximum Gasteiger partial charge on any atom is 0.0601 e. The molecule has 0 aromatic heterocycles. The summed E-state index contributed by atoms with van der Waals surface area (Å²) >= 11 is 0. The molecule has 1 unspecified atom stereocenters. The van der Waals surface area contributed by atoms with Gasteiger partial charge in [-0.1, -0.05) is 75.4 Å². The molecule has 0 radical (unpaired) electrons. The number of allylic oxidation sites excluding steroid dienone is 2. The van der Waals surface area contributed by atoms with E-state index in [9.17, 15) is 5.11 Å². The lowest BCUT2D eigenvalue weighted by Gasteiger charge is -2.43. The lowest BCUT2D eigenvalue weighted by Crippen LogP contribution is -2.43. The fourth-order valence-electron chi connectivity index (χ4n) is 4.27. The highest BCUT2D eigenvalue weighted by Gasteiger charge is 2.40. The first-order valence-electron chi connectivity index (χ1n) is 10.1. The van der Waals surface area contributed by atoms with Crippen molar-refractivity contribution < 1.29 is 9.84 Å². The lowest BCUT2D eigenvalue weighted by molar-refractivity contribution is -0.0603. The second-order valence-electron chi connectivity index (χ2n) is 8.21. The van der Waals surface area contributed by atoms with Crippen LogP contribution in [0.5, 0.6) is 0 Å². The van der Waals surface area contributed by atoms with Gasteiger partial charge in [0.2, 0.25) is 0 Å². The fraction of sp³-hybridized carbons (Fsp3) is 0.583. The normalized spacial score (nSPS) is 25.3. The van der Waals surface area contributed by atoms with Crippen molar-refractivity contribution in [1.82, 2.24) is 0 Å². The van der Waals surface area contributed by atoms with Crippen molar-refractivity contribution in [3.05, 3.63) is 60.2 Å². The zero-order valence-electron chi connectivity index (χ0n) is 16.9. The molecule has 0 bridgehead atoms. The van der Waals surface area contributed by atoms with Crippen LogP contribution in [0, 0.1) is 11.8 Å². The highest BCUT2D eigenvalue weighted by Crippen LogP contribution is 2.41. The Labute approximate surface area is 160 Å². The molecule has 2 heteroatoms. The van der Waals surface area contributed by atoms with Crippen molar-refractivity contribution in [3.8, 4) is 0 Å². The predicted octanol–water partition coefficient (Wildman–Crippen LogP) is 5.67. The Morgan fingerprint density at radius 1 is 1.31 bits per heavy atom.